The molecule has 0 spiro atoms. The lowest BCUT2D eigenvalue weighted by molar-refractivity contribution is -0.143. The molecule has 0 radical (unpaired) electrons. The summed E-state index contributed by atoms with van der Waals surface area (Å²) >= 11 is 0. The first-order valence-corrected chi connectivity index (χ1v) is 7.33. The molecule has 0 heterocycles. The second-order valence-corrected chi connectivity index (χ2v) is 5.82. The van der Waals surface area contributed by atoms with Crippen LogP contribution >= 0.6 is 0 Å². The van der Waals surface area contributed by atoms with Crippen molar-refractivity contribution in [2.45, 2.75) is 45.6 Å². The Hall–Kier alpha value is -2.04. The van der Waals surface area contributed by atoms with Crippen molar-refractivity contribution >= 4 is 17.7 Å². The number of anilines is 1. The highest BCUT2D eigenvalue weighted by atomic mass is 16.4. The van der Waals surface area contributed by atoms with E-state index in [0.717, 1.165) is 29.7 Å². The monoisotopic (exact) mass is 290 g/mol. The van der Waals surface area contributed by atoms with E-state index >= 15 is 0 Å². The maximum atomic E-state index is 12.1. The number of benzene rings is 1. The minimum absolute atomic E-state index is 0.0648. The summed E-state index contributed by atoms with van der Waals surface area (Å²) < 4.78 is 0. The fraction of sp³-hybridized carbons (Fsp3) is 0.500. The maximum Gasteiger partial charge on any atom is 0.319 e. The Kier molecular flexibility index (Phi) is 4.83. The molecule has 5 nitrogen and oxygen atoms in total. The van der Waals surface area contributed by atoms with Gasteiger partial charge in [0.1, 0.15) is 0 Å². The molecule has 0 aromatic heterocycles. The molecule has 1 aliphatic carbocycles. The predicted molar refractivity (Wildman–Crippen MR) is 81.5 cm³/mol. The van der Waals surface area contributed by atoms with Crippen molar-refractivity contribution in [3.05, 3.63) is 29.3 Å². The second-order valence-electron chi connectivity index (χ2n) is 5.82. The van der Waals surface area contributed by atoms with E-state index in [-0.39, 0.29) is 18.0 Å². The third-order valence-corrected chi connectivity index (χ3v) is 4.00. The highest BCUT2D eigenvalue weighted by molar-refractivity contribution is 5.90. The SMILES string of the molecule is Cc1ccc(C)c(NC(=O)NC2CCCC(C(=O)O)C2)c1. The fourth-order valence-electron chi connectivity index (χ4n) is 2.76. The number of hydrogen-bond acceptors (Lipinski definition) is 2. The number of nitrogens with one attached hydrogen (secondary N) is 2. The first-order chi connectivity index (χ1) is 9.95. The van der Waals surface area contributed by atoms with Crippen molar-refractivity contribution in [2.75, 3.05) is 5.32 Å². The normalized spacial score (nSPS) is 21.6. The maximum absolute atomic E-state index is 12.1. The Labute approximate surface area is 124 Å². The highest BCUT2D eigenvalue weighted by Crippen LogP contribution is 2.24. The van der Waals surface area contributed by atoms with Crippen LogP contribution in [0.15, 0.2) is 18.2 Å². The number of carbonyl (C=O) groups is 2. The van der Waals surface area contributed by atoms with E-state index < -0.39 is 5.97 Å². The van der Waals surface area contributed by atoms with E-state index in [1.54, 1.807) is 0 Å². The summed E-state index contributed by atoms with van der Waals surface area (Å²) in [5, 5.41) is 14.8. The minimum Gasteiger partial charge on any atom is -0.481 e. The van der Waals surface area contributed by atoms with Crippen LogP contribution in [0.4, 0.5) is 10.5 Å². The standard InChI is InChI=1S/C16H22N2O3/c1-10-6-7-11(2)14(8-10)18-16(21)17-13-5-3-4-12(9-13)15(19)20/h6-8,12-13H,3-5,9H2,1-2H3,(H,19,20)(H2,17,18,21). The molecule has 1 aromatic carbocycles. The number of hydrogen-bond donors (Lipinski definition) is 3. The van der Waals surface area contributed by atoms with Crippen LogP contribution in [0.25, 0.3) is 0 Å². The summed E-state index contributed by atoms with van der Waals surface area (Å²) in [5.74, 6) is -1.11. The van der Waals surface area contributed by atoms with Crippen LogP contribution in [-0.4, -0.2) is 23.1 Å². The van der Waals surface area contributed by atoms with Crippen molar-refractivity contribution in [3.8, 4) is 0 Å². The van der Waals surface area contributed by atoms with Crippen LogP contribution in [0.3, 0.4) is 0 Å². The molecule has 21 heavy (non-hydrogen) atoms. The number of aliphatic carboxylic acids is 1. The van der Waals surface area contributed by atoms with E-state index in [4.69, 9.17) is 5.11 Å². The van der Waals surface area contributed by atoms with Gasteiger partial charge in [-0.1, -0.05) is 18.6 Å². The van der Waals surface area contributed by atoms with Gasteiger partial charge in [-0.05, 0) is 50.3 Å². The number of carboxylic acids is 1. The van der Waals surface area contributed by atoms with Gasteiger partial charge in [-0.15, -0.1) is 0 Å². The predicted octanol–water partition coefficient (Wildman–Crippen LogP) is 3.07. The van der Waals surface area contributed by atoms with Crippen LogP contribution < -0.4 is 10.6 Å². The molecule has 1 aliphatic rings. The van der Waals surface area contributed by atoms with Gasteiger partial charge < -0.3 is 15.7 Å². The Morgan fingerprint density at radius 1 is 1.24 bits per heavy atom. The molecule has 2 amide bonds. The topological polar surface area (TPSA) is 78.4 Å². The van der Waals surface area contributed by atoms with Gasteiger partial charge in [-0.2, -0.15) is 0 Å². The Balaban J connectivity index is 1.92. The molecule has 3 N–H and O–H groups in total. The molecule has 2 unspecified atom stereocenters. The Morgan fingerprint density at radius 2 is 2.00 bits per heavy atom. The zero-order chi connectivity index (χ0) is 15.4. The molecule has 5 heteroatoms. The third kappa shape index (κ3) is 4.21. The Morgan fingerprint density at radius 3 is 2.71 bits per heavy atom. The summed E-state index contributed by atoms with van der Waals surface area (Å²) in [4.78, 5) is 23.1. The first kappa shape index (κ1) is 15.4. The number of amides is 2. The highest BCUT2D eigenvalue weighted by Gasteiger charge is 2.27. The van der Waals surface area contributed by atoms with Crippen LogP contribution in [0.2, 0.25) is 0 Å². The van der Waals surface area contributed by atoms with Gasteiger partial charge in [0.15, 0.2) is 0 Å². The second kappa shape index (κ2) is 6.61. The van der Waals surface area contributed by atoms with Crippen molar-refractivity contribution < 1.29 is 14.7 Å². The lowest BCUT2D eigenvalue weighted by Crippen LogP contribution is -2.42. The van der Waals surface area contributed by atoms with Crippen molar-refractivity contribution in [1.29, 1.82) is 0 Å². The zero-order valence-electron chi connectivity index (χ0n) is 12.5. The van der Waals surface area contributed by atoms with Crippen LogP contribution in [0.5, 0.6) is 0 Å². The summed E-state index contributed by atoms with van der Waals surface area (Å²) in [6.07, 6.45) is 2.89. The molecule has 0 saturated heterocycles. The number of carbonyl (C=O) groups excluding carboxylic acids is 1. The molecule has 0 aliphatic heterocycles. The Bertz CT molecular complexity index is 542. The largest absolute Gasteiger partial charge is 0.481 e. The van der Waals surface area contributed by atoms with Gasteiger partial charge in [0.05, 0.1) is 5.92 Å². The number of carboxylic acid groups (broad SMARTS) is 1. The van der Waals surface area contributed by atoms with Crippen molar-refractivity contribution in [2.24, 2.45) is 5.92 Å². The summed E-state index contributed by atoms with van der Waals surface area (Å²) in [6, 6.07) is 5.56. The molecule has 114 valence electrons. The van der Waals surface area contributed by atoms with Gasteiger partial charge in [0.25, 0.3) is 0 Å². The average molecular weight is 290 g/mol. The van der Waals surface area contributed by atoms with Crippen LogP contribution in [-0.2, 0) is 4.79 Å². The van der Waals surface area contributed by atoms with Gasteiger partial charge in [0, 0.05) is 11.7 Å². The lowest BCUT2D eigenvalue weighted by Gasteiger charge is -2.27. The minimum atomic E-state index is -0.767. The van der Waals surface area contributed by atoms with E-state index in [2.05, 4.69) is 10.6 Å². The fourth-order valence-corrected chi connectivity index (χ4v) is 2.76. The number of aryl methyl sites for hydroxylation is 2. The third-order valence-electron chi connectivity index (χ3n) is 4.00. The van der Waals surface area contributed by atoms with Crippen LogP contribution in [0, 0.1) is 19.8 Å². The zero-order valence-corrected chi connectivity index (χ0v) is 12.5. The van der Waals surface area contributed by atoms with E-state index in [0.29, 0.717) is 12.8 Å². The molecule has 1 saturated carbocycles. The van der Waals surface area contributed by atoms with Gasteiger partial charge >= 0.3 is 12.0 Å². The molecule has 0 bridgehead atoms. The van der Waals surface area contributed by atoms with Gasteiger partial charge in [-0.3, -0.25) is 4.79 Å². The lowest BCUT2D eigenvalue weighted by atomic mass is 9.86. The summed E-state index contributed by atoms with van der Waals surface area (Å²) in [7, 11) is 0. The van der Waals surface area contributed by atoms with Gasteiger partial charge in [-0.25, -0.2) is 4.79 Å². The first-order valence-electron chi connectivity index (χ1n) is 7.33. The molecular formula is C16H22N2O3. The molecule has 1 fully saturated rings. The van der Waals surface area contributed by atoms with Gasteiger partial charge in [0.2, 0.25) is 0 Å². The van der Waals surface area contributed by atoms with Crippen LogP contribution in [0.1, 0.15) is 36.8 Å². The molecule has 1 aromatic rings. The number of urea groups is 1. The average Bonchev–Trinajstić information content (AvgIpc) is 2.43. The summed E-state index contributed by atoms with van der Waals surface area (Å²) in [5.41, 5.74) is 2.88. The summed E-state index contributed by atoms with van der Waals surface area (Å²) in [6.45, 7) is 3.91. The van der Waals surface area contributed by atoms with E-state index in [9.17, 15) is 9.59 Å². The quantitative estimate of drug-likeness (QED) is 0.800. The smallest absolute Gasteiger partial charge is 0.319 e. The van der Waals surface area contributed by atoms with Crippen molar-refractivity contribution in [1.82, 2.24) is 5.32 Å². The molecule has 2 rings (SSSR count). The molecular weight excluding hydrogens is 268 g/mol. The van der Waals surface area contributed by atoms with Crippen molar-refractivity contribution in [3.63, 3.8) is 0 Å². The molecule has 2 atom stereocenters. The number of rotatable bonds is 3. The van der Waals surface area contributed by atoms with E-state index in [1.807, 2.05) is 32.0 Å². The van der Waals surface area contributed by atoms with E-state index in [1.165, 1.54) is 0 Å².